The highest BCUT2D eigenvalue weighted by molar-refractivity contribution is 7.14. The van der Waals surface area contributed by atoms with Crippen LogP contribution in [0.2, 0.25) is 0 Å². The van der Waals surface area contributed by atoms with Gasteiger partial charge in [-0.25, -0.2) is 9.78 Å². The first-order valence-corrected chi connectivity index (χ1v) is 8.12. The molecule has 0 aliphatic heterocycles. The zero-order chi connectivity index (χ0) is 15.6. The number of hydrogen-bond acceptors (Lipinski definition) is 5. The van der Waals surface area contributed by atoms with E-state index < -0.39 is 5.97 Å². The Bertz CT molecular complexity index is 688. The minimum absolute atomic E-state index is 0.146. The van der Waals surface area contributed by atoms with Gasteiger partial charge in [-0.15, -0.1) is 22.7 Å². The van der Waals surface area contributed by atoms with Crippen molar-refractivity contribution in [3.8, 4) is 0 Å². The summed E-state index contributed by atoms with van der Waals surface area (Å²) in [5.41, 5.74) is 1.67. The van der Waals surface area contributed by atoms with E-state index in [0.717, 1.165) is 22.6 Å². The average Bonchev–Trinajstić information content (AvgIpc) is 2.99. The fourth-order valence-corrected chi connectivity index (χ4v) is 3.83. The Balaban J connectivity index is 2.03. The van der Waals surface area contributed by atoms with E-state index in [0.29, 0.717) is 15.6 Å². The third-order valence-corrected chi connectivity index (χ3v) is 5.30. The fourth-order valence-electron chi connectivity index (χ4n) is 1.95. The molecule has 2 N–H and O–H groups in total. The number of aryl methyl sites for hydroxylation is 3. The molecule has 0 saturated heterocycles. The number of hydrogen-bond donors (Lipinski definition) is 2. The maximum atomic E-state index is 12.1. The number of nitrogens with zero attached hydrogens (tertiary/aromatic N) is 1. The molecule has 0 saturated carbocycles. The molecular formula is C14H16N2O3S2. The molecule has 2 rings (SSSR count). The summed E-state index contributed by atoms with van der Waals surface area (Å²) < 4.78 is 0. The molecule has 1 amide bonds. The van der Waals surface area contributed by atoms with Gasteiger partial charge in [-0.05, 0) is 31.9 Å². The van der Waals surface area contributed by atoms with Crippen molar-refractivity contribution in [2.75, 3.05) is 0 Å². The molecule has 0 aromatic carbocycles. The second kappa shape index (κ2) is 6.36. The molecule has 7 heteroatoms. The summed E-state index contributed by atoms with van der Waals surface area (Å²) in [5, 5.41) is 12.4. The van der Waals surface area contributed by atoms with Crippen LogP contribution in [0, 0.1) is 13.8 Å². The van der Waals surface area contributed by atoms with Crippen molar-refractivity contribution in [2.45, 2.75) is 33.7 Å². The maximum Gasteiger partial charge on any atom is 0.347 e. The molecular weight excluding hydrogens is 308 g/mol. The second-order valence-electron chi connectivity index (χ2n) is 4.56. The average molecular weight is 324 g/mol. The molecule has 0 aliphatic carbocycles. The van der Waals surface area contributed by atoms with Gasteiger partial charge in [0.1, 0.15) is 9.88 Å². The van der Waals surface area contributed by atoms with Gasteiger partial charge in [0.05, 0.1) is 17.1 Å². The predicted octanol–water partition coefficient (Wildman–Crippen LogP) is 3.01. The Morgan fingerprint density at radius 3 is 2.57 bits per heavy atom. The number of carboxylic acid groups (broad SMARTS) is 1. The standard InChI is InChI=1S/C14H16N2O3S2/c1-4-9-5-10(20-8(9)3)13(17)15-6-11-16-7(2)12(21-11)14(18)19/h5H,4,6H2,1-3H3,(H,15,17)(H,18,19). The van der Waals surface area contributed by atoms with Gasteiger partial charge in [-0.2, -0.15) is 0 Å². The molecule has 0 bridgehead atoms. The van der Waals surface area contributed by atoms with E-state index in [1.165, 1.54) is 16.9 Å². The van der Waals surface area contributed by atoms with Crippen LogP contribution in [0.1, 0.15) is 47.4 Å². The van der Waals surface area contributed by atoms with Crippen LogP contribution in [-0.2, 0) is 13.0 Å². The molecule has 2 aromatic heterocycles. The van der Waals surface area contributed by atoms with Crippen molar-refractivity contribution in [3.63, 3.8) is 0 Å². The normalized spacial score (nSPS) is 10.6. The van der Waals surface area contributed by atoms with E-state index in [1.54, 1.807) is 6.92 Å². The number of carbonyl (C=O) groups is 2. The number of rotatable bonds is 5. The van der Waals surface area contributed by atoms with Gasteiger partial charge >= 0.3 is 5.97 Å². The van der Waals surface area contributed by atoms with Crippen LogP contribution in [-0.4, -0.2) is 22.0 Å². The van der Waals surface area contributed by atoms with E-state index in [1.807, 2.05) is 13.0 Å². The van der Waals surface area contributed by atoms with E-state index in [4.69, 9.17) is 5.11 Å². The Morgan fingerprint density at radius 2 is 2.05 bits per heavy atom. The summed E-state index contributed by atoms with van der Waals surface area (Å²) in [6.45, 7) is 5.96. The number of aromatic nitrogens is 1. The Kier molecular flexibility index (Phi) is 4.74. The lowest BCUT2D eigenvalue weighted by Crippen LogP contribution is -2.21. The Morgan fingerprint density at radius 1 is 1.33 bits per heavy atom. The van der Waals surface area contributed by atoms with Crippen molar-refractivity contribution >= 4 is 34.6 Å². The number of thiazole rings is 1. The fraction of sp³-hybridized carbons (Fsp3) is 0.357. The molecule has 0 fully saturated rings. The van der Waals surface area contributed by atoms with Crippen molar-refractivity contribution < 1.29 is 14.7 Å². The van der Waals surface area contributed by atoms with E-state index in [2.05, 4.69) is 17.2 Å². The van der Waals surface area contributed by atoms with Crippen molar-refractivity contribution in [2.24, 2.45) is 0 Å². The lowest BCUT2D eigenvalue weighted by atomic mass is 10.2. The first kappa shape index (κ1) is 15.7. The summed E-state index contributed by atoms with van der Waals surface area (Å²) >= 11 is 2.57. The quantitative estimate of drug-likeness (QED) is 0.886. The predicted molar refractivity (Wildman–Crippen MR) is 83.4 cm³/mol. The smallest absolute Gasteiger partial charge is 0.347 e. The van der Waals surface area contributed by atoms with Crippen molar-refractivity contribution in [3.05, 3.63) is 37.0 Å². The Labute approximate surface area is 130 Å². The number of carbonyl (C=O) groups excluding carboxylic acids is 1. The van der Waals surface area contributed by atoms with Crippen LogP contribution < -0.4 is 5.32 Å². The number of amides is 1. The Hall–Kier alpha value is -1.73. The van der Waals surface area contributed by atoms with Gasteiger partial charge in [0.25, 0.3) is 5.91 Å². The molecule has 0 aliphatic rings. The molecule has 2 heterocycles. The zero-order valence-electron chi connectivity index (χ0n) is 12.0. The topological polar surface area (TPSA) is 79.3 Å². The highest BCUT2D eigenvalue weighted by atomic mass is 32.1. The van der Waals surface area contributed by atoms with Gasteiger partial charge in [0.2, 0.25) is 0 Å². The molecule has 0 radical (unpaired) electrons. The highest BCUT2D eigenvalue weighted by Gasteiger charge is 2.15. The minimum Gasteiger partial charge on any atom is -0.477 e. The molecule has 0 spiro atoms. The largest absolute Gasteiger partial charge is 0.477 e. The number of aromatic carboxylic acids is 1. The highest BCUT2D eigenvalue weighted by Crippen LogP contribution is 2.22. The molecule has 0 unspecified atom stereocenters. The van der Waals surface area contributed by atoms with Gasteiger partial charge < -0.3 is 10.4 Å². The van der Waals surface area contributed by atoms with Crippen molar-refractivity contribution in [1.82, 2.24) is 10.3 Å². The lowest BCUT2D eigenvalue weighted by Gasteiger charge is -1.99. The first-order chi connectivity index (χ1) is 9.92. The van der Waals surface area contributed by atoms with Crippen LogP contribution in [0.15, 0.2) is 6.07 Å². The van der Waals surface area contributed by atoms with E-state index in [9.17, 15) is 9.59 Å². The SMILES string of the molecule is CCc1cc(C(=O)NCc2nc(C)c(C(=O)O)s2)sc1C. The summed E-state index contributed by atoms with van der Waals surface area (Å²) in [5.74, 6) is -1.13. The van der Waals surface area contributed by atoms with E-state index >= 15 is 0 Å². The third-order valence-electron chi connectivity index (χ3n) is 3.06. The molecule has 2 aromatic rings. The summed E-state index contributed by atoms with van der Waals surface area (Å²) in [6, 6.07) is 1.91. The van der Waals surface area contributed by atoms with Gasteiger partial charge in [0, 0.05) is 4.88 Å². The molecule has 21 heavy (non-hydrogen) atoms. The van der Waals surface area contributed by atoms with Gasteiger partial charge in [0.15, 0.2) is 0 Å². The number of carboxylic acids is 1. The van der Waals surface area contributed by atoms with Crippen LogP contribution in [0.3, 0.4) is 0 Å². The zero-order valence-corrected chi connectivity index (χ0v) is 13.7. The maximum absolute atomic E-state index is 12.1. The van der Waals surface area contributed by atoms with Gasteiger partial charge in [-0.3, -0.25) is 4.79 Å². The second-order valence-corrected chi connectivity index (χ2v) is 6.90. The lowest BCUT2D eigenvalue weighted by molar-refractivity contribution is 0.0701. The van der Waals surface area contributed by atoms with Gasteiger partial charge in [-0.1, -0.05) is 6.92 Å². The summed E-state index contributed by atoms with van der Waals surface area (Å²) in [6.07, 6.45) is 0.906. The molecule has 0 atom stereocenters. The van der Waals surface area contributed by atoms with E-state index in [-0.39, 0.29) is 17.3 Å². The molecule has 5 nitrogen and oxygen atoms in total. The van der Waals surface area contributed by atoms with Crippen LogP contribution in [0.4, 0.5) is 0 Å². The minimum atomic E-state index is -0.982. The van der Waals surface area contributed by atoms with Crippen molar-refractivity contribution in [1.29, 1.82) is 0 Å². The monoisotopic (exact) mass is 324 g/mol. The number of nitrogens with one attached hydrogen (secondary N) is 1. The van der Waals surface area contributed by atoms with Crippen LogP contribution >= 0.6 is 22.7 Å². The first-order valence-electron chi connectivity index (χ1n) is 6.49. The number of thiophene rings is 1. The summed E-state index contributed by atoms with van der Waals surface area (Å²) in [7, 11) is 0. The van der Waals surface area contributed by atoms with Crippen LogP contribution in [0.25, 0.3) is 0 Å². The summed E-state index contributed by atoms with van der Waals surface area (Å²) in [4.78, 5) is 29.3. The molecule has 112 valence electrons. The van der Waals surface area contributed by atoms with Crippen LogP contribution in [0.5, 0.6) is 0 Å². The third kappa shape index (κ3) is 3.48.